The van der Waals surface area contributed by atoms with Gasteiger partial charge in [0.05, 0.1) is 16.7 Å². The molecule has 4 heteroatoms. The van der Waals surface area contributed by atoms with Gasteiger partial charge in [0.2, 0.25) is 0 Å². The molecule has 0 saturated carbocycles. The van der Waals surface area contributed by atoms with E-state index in [1.807, 2.05) is 11.3 Å². The third kappa shape index (κ3) is 4.51. The van der Waals surface area contributed by atoms with Crippen molar-refractivity contribution < 1.29 is 0 Å². The Hall–Kier alpha value is -6.07. The number of thiophene rings is 1. The van der Waals surface area contributed by atoms with E-state index in [4.69, 9.17) is 12.6 Å². The number of para-hydroxylation sites is 1. The van der Waals surface area contributed by atoms with Gasteiger partial charge in [0.25, 0.3) is 0 Å². The van der Waals surface area contributed by atoms with Gasteiger partial charge in [-0.05, 0) is 116 Å². The fourth-order valence-electron chi connectivity index (χ4n) is 8.22. The average Bonchev–Trinajstić information content (AvgIpc) is 3.73. The van der Waals surface area contributed by atoms with Crippen molar-refractivity contribution in [1.29, 1.82) is 0 Å². The maximum absolute atomic E-state index is 5.01. The van der Waals surface area contributed by atoms with Gasteiger partial charge in [-0.3, -0.25) is 0 Å². The quantitative estimate of drug-likeness (QED) is 0.138. The molecule has 0 atom stereocenters. The van der Waals surface area contributed by atoms with Gasteiger partial charge in [0.1, 0.15) is 0 Å². The van der Waals surface area contributed by atoms with Crippen LogP contribution in [0.2, 0.25) is 0 Å². The molecule has 244 valence electrons. The number of fused-ring (bicyclic) bond motifs is 10. The molecule has 0 unspecified atom stereocenters. The Morgan fingerprint density at radius 1 is 0.462 bits per heavy atom. The topological polar surface area (TPSA) is 17.0 Å². The van der Waals surface area contributed by atoms with Crippen LogP contribution in [0.25, 0.3) is 91.1 Å². The normalized spacial score (nSPS) is 11.9. The first-order chi connectivity index (χ1) is 25.7. The number of thiol groups is 1. The highest BCUT2D eigenvalue weighted by Crippen LogP contribution is 2.45. The van der Waals surface area contributed by atoms with Crippen LogP contribution < -0.4 is 5.32 Å². The lowest BCUT2D eigenvalue weighted by Crippen LogP contribution is -1.96. The molecule has 2 aromatic heterocycles. The fraction of sp³-hybridized carbons (Fsp3) is 0. The van der Waals surface area contributed by atoms with Crippen molar-refractivity contribution in [3.8, 4) is 16.8 Å². The van der Waals surface area contributed by atoms with Gasteiger partial charge in [-0.1, -0.05) is 97.1 Å². The Morgan fingerprint density at radius 2 is 1.13 bits per heavy atom. The van der Waals surface area contributed by atoms with E-state index in [0.29, 0.717) is 0 Å². The summed E-state index contributed by atoms with van der Waals surface area (Å²) in [4.78, 5) is 0.923. The van der Waals surface area contributed by atoms with Crippen molar-refractivity contribution >= 4 is 110 Å². The van der Waals surface area contributed by atoms with Crippen molar-refractivity contribution in [2.24, 2.45) is 0 Å². The first-order valence-electron chi connectivity index (χ1n) is 17.6. The molecular weight excluding hydrogens is 669 g/mol. The number of rotatable bonds is 4. The Kier molecular flexibility index (Phi) is 6.54. The van der Waals surface area contributed by atoms with Crippen LogP contribution in [0.4, 0.5) is 11.4 Å². The minimum Gasteiger partial charge on any atom is -0.354 e. The second-order valence-corrected chi connectivity index (χ2v) is 15.1. The maximum Gasteiger partial charge on any atom is 0.0614 e. The van der Waals surface area contributed by atoms with Gasteiger partial charge in [-0.2, -0.15) is 0 Å². The predicted octanol–water partition coefficient (Wildman–Crippen LogP) is 14.3. The van der Waals surface area contributed by atoms with Crippen LogP contribution in [-0.4, -0.2) is 4.57 Å². The summed E-state index contributed by atoms with van der Waals surface area (Å²) in [6.07, 6.45) is 0. The van der Waals surface area contributed by atoms with Crippen LogP contribution in [0.5, 0.6) is 0 Å². The molecular formula is C48H30N2S2. The lowest BCUT2D eigenvalue weighted by atomic mass is 9.92. The molecule has 52 heavy (non-hydrogen) atoms. The number of benzene rings is 9. The molecule has 2 nitrogen and oxygen atoms in total. The monoisotopic (exact) mass is 698 g/mol. The summed E-state index contributed by atoms with van der Waals surface area (Å²) in [5.74, 6) is 0. The molecule has 0 aliphatic carbocycles. The van der Waals surface area contributed by atoms with Gasteiger partial charge in [-0.15, -0.1) is 24.0 Å². The Bertz CT molecular complexity index is 3220. The Labute approximate surface area is 309 Å². The van der Waals surface area contributed by atoms with Crippen LogP contribution in [-0.2, 0) is 0 Å². The maximum atomic E-state index is 5.01. The molecule has 1 N–H and O–H groups in total. The minimum atomic E-state index is 0.923. The summed E-state index contributed by atoms with van der Waals surface area (Å²) in [6, 6.07) is 61.8. The van der Waals surface area contributed by atoms with Crippen LogP contribution in [0.15, 0.2) is 175 Å². The molecule has 0 radical (unpaired) electrons. The van der Waals surface area contributed by atoms with Gasteiger partial charge in [0, 0.05) is 47.2 Å². The molecule has 0 spiro atoms. The summed E-state index contributed by atoms with van der Waals surface area (Å²) in [6.45, 7) is 0. The number of anilines is 2. The first-order valence-corrected chi connectivity index (χ1v) is 18.8. The SMILES string of the molecule is Sc1ccc2sc3ccc(-c4cc5ccccc5c5ccccc45)cc3c2c1Nc1ccc(-n2c3ccccc3c3cc4ccccc4cc32)cc1. The highest BCUT2D eigenvalue weighted by molar-refractivity contribution is 7.80. The first kappa shape index (κ1) is 29.6. The Morgan fingerprint density at radius 3 is 1.96 bits per heavy atom. The summed E-state index contributed by atoms with van der Waals surface area (Å²) < 4.78 is 4.89. The highest BCUT2D eigenvalue weighted by Gasteiger charge is 2.17. The van der Waals surface area contributed by atoms with E-state index in [-0.39, 0.29) is 0 Å². The number of nitrogens with zero attached hydrogens (tertiary/aromatic N) is 1. The van der Waals surface area contributed by atoms with Gasteiger partial charge in [-0.25, -0.2) is 0 Å². The number of hydrogen-bond donors (Lipinski definition) is 2. The third-order valence-electron chi connectivity index (χ3n) is 10.6. The molecule has 0 aliphatic heterocycles. The smallest absolute Gasteiger partial charge is 0.0614 e. The van der Waals surface area contributed by atoms with Crippen LogP contribution >= 0.6 is 24.0 Å². The molecule has 2 heterocycles. The number of nitrogens with one attached hydrogen (secondary N) is 1. The molecule has 0 bridgehead atoms. The molecule has 9 aromatic carbocycles. The van der Waals surface area contributed by atoms with E-state index >= 15 is 0 Å². The van der Waals surface area contributed by atoms with Gasteiger partial charge < -0.3 is 9.88 Å². The zero-order valence-corrected chi connectivity index (χ0v) is 29.7. The van der Waals surface area contributed by atoms with E-state index < -0.39 is 0 Å². The third-order valence-corrected chi connectivity index (χ3v) is 12.1. The lowest BCUT2D eigenvalue weighted by molar-refractivity contribution is 1.18. The molecule has 0 aliphatic rings. The standard InChI is InChI=1S/C48H30N2S2/c51-44-22-24-46-47(41-27-32(17-23-45(41)52-46)39-26-31-11-3-4-12-35(31)36-13-5-6-14-37(36)39)48(44)49-33-18-20-34(21-19-33)50-42-16-8-7-15-38(42)40-25-29-9-1-2-10-30(29)28-43(40)50/h1-28,49,51H. The van der Waals surface area contributed by atoms with Crippen LogP contribution in [0, 0.1) is 0 Å². The van der Waals surface area contributed by atoms with E-state index in [1.54, 1.807) is 0 Å². The van der Waals surface area contributed by atoms with Gasteiger partial charge in [0.15, 0.2) is 0 Å². The van der Waals surface area contributed by atoms with E-state index in [0.717, 1.165) is 22.0 Å². The second kappa shape index (κ2) is 11.5. The fourth-order valence-corrected chi connectivity index (χ4v) is 9.55. The van der Waals surface area contributed by atoms with Crippen molar-refractivity contribution in [3.63, 3.8) is 0 Å². The van der Waals surface area contributed by atoms with E-state index in [9.17, 15) is 0 Å². The largest absolute Gasteiger partial charge is 0.354 e. The van der Waals surface area contributed by atoms with Crippen molar-refractivity contribution in [1.82, 2.24) is 4.57 Å². The van der Waals surface area contributed by atoms with Crippen molar-refractivity contribution in [2.45, 2.75) is 4.90 Å². The summed E-state index contributed by atoms with van der Waals surface area (Å²) >= 11 is 6.84. The molecule has 0 fully saturated rings. The highest BCUT2D eigenvalue weighted by atomic mass is 32.1. The Balaban J connectivity index is 1.03. The zero-order chi connectivity index (χ0) is 34.3. The lowest BCUT2D eigenvalue weighted by Gasteiger charge is -2.14. The minimum absolute atomic E-state index is 0.923. The second-order valence-electron chi connectivity index (χ2n) is 13.6. The van der Waals surface area contributed by atoms with Crippen LogP contribution in [0.1, 0.15) is 0 Å². The average molecular weight is 699 g/mol. The molecule has 0 amide bonds. The van der Waals surface area contributed by atoms with Gasteiger partial charge >= 0.3 is 0 Å². The number of hydrogen-bond acceptors (Lipinski definition) is 3. The van der Waals surface area contributed by atoms with Crippen LogP contribution in [0.3, 0.4) is 0 Å². The summed E-state index contributed by atoms with van der Waals surface area (Å²) in [5.41, 5.74) is 8.06. The summed E-state index contributed by atoms with van der Waals surface area (Å²) in [5, 5.41) is 16.4. The van der Waals surface area contributed by atoms with E-state index in [2.05, 4.69) is 180 Å². The summed E-state index contributed by atoms with van der Waals surface area (Å²) in [7, 11) is 0. The molecule has 0 saturated heterocycles. The van der Waals surface area contributed by atoms with Crippen molar-refractivity contribution in [2.75, 3.05) is 5.32 Å². The van der Waals surface area contributed by atoms with Crippen molar-refractivity contribution in [3.05, 3.63) is 170 Å². The molecule has 11 aromatic rings. The zero-order valence-electron chi connectivity index (χ0n) is 28.0. The number of aromatic nitrogens is 1. The van der Waals surface area contributed by atoms with E-state index in [1.165, 1.54) is 85.4 Å². The predicted molar refractivity (Wildman–Crippen MR) is 229 cm³/mol. The molecule has 11 rings (SSSR count).